The van der Waals surface area contributed by atoms with Gasteiger partial charge in [0.05, 0.1) is 0 Å². The summed E-state index contributed by atoms with van der Waals surface area (Å²) in [6.07, 6.45) is 1.07. The van der Waals surface area contributed by atoms with Gasteiger partial charge in [0.25, 0.3) is 0 Å². The second-order valence-electron chi connectivity index (χ2n) is 5.91. The van der Waals surface area contributed by atoms with E-state index in [2.05, 4.69) is 49.2 Å². The predicted octanol–water partition coefficient (Wildman–Crippen LogP) is 2.65. The van der Waals surface area contributed by atoms with E-state index < -0.39 is 0 Å². The Kier molecular flexibility index (Phi) is 4.13. The van der Waals surface area contributed by atoms with Gasteiger partial charge in [-0.25, -0.2) is 0 Å². The lowest BCUT2D eigenvalue weighted by Crippen LogP contribution is -2.50. The zero-order valence-corrected chi connectivity index (χ0v) is 12.4. The number of nitrogens with one attached hydrogen (secondary N) is 1. The van der Waals surface area contributed by atoms with E-state index in [0.29, 0.717) is 5.92 Å². The molecule has 19 heavy (non-hydrogen) atoms. The van der Waals surface area contributed by atoms with Crippen LogP contribution in [0.3, 0.4) is 0 Å². The molecule has 1 N–H and O–H groups in total. The third-order valence-corrected chi connectivity index (χ3v) is 3.92. The SMILES string of the molecule is CC(=O)NC1CC(C)CN(c2ccc(C)c(C)c2)C1. The van der Waals surface area contributed by atoms with E-state index in [4.69, 9.17) is 0 Å². The van der Waals surface area contributed by atoms with Crippen LogP contribution in [0, 0.1) is 19.8 Å². The highest BCUT2D eigenvalue weighted by Crippen LogP contribution is 2.25. The van der Waals surface area contributed by atoms with E-state index in [9.17, 15) is 4.79 Å². The summed E-state index contributed by atoms with van der Waals surface area (Å²) in [4.78, 5) is 13.6. The Hall–Kier alpha value is -1.51. The molecule has 0 aromatic heterocycles. The third kappa shape index (κ3) is 3.49. The molecule has 3 nitrogen and oxygen atoms in total. The number of benzene rings is 1. The van der Waals surface area contributed by atoms with Crippen molar-refractivity contribution in [2.75, 3.05) is 18.0 Å². The molecule has 0 bridgehead atoms. The number of piperidine rings is 1. The van der Waals surface area contributed by atoms with E-state index >= 15 is 0 Å². The Bertz CT molecular complexity index is 470. The first kappa shape index (κ1) is 13.9. The summed E-state index contributed by atoms with van der Waals surface area (Å²) in [6.45, 7) is 10.1. The first-order chi connectivity index (χ1) is 8.95. The second-order valence-corrected chi connectivity index (χ2v) is 5.91. The first-order valence-electron chi connectivity index (χ1n) is 7.05. The van der Waals surface area contributed by atoms with Gasteiger partial charge in [0, 0.05) is 31.7 Å². The minimum absolute atomic E-state index is 0.0686. The number of hydrogen-bond donors (Lipinski definition) is 1. The van der Waals surface area contributed by atoms with Crippen molar-refractivity contribution in [2.45, 2.75) is 40.2 Å². The average molecular weight is 260 g/mol. The molecule has 1 aliphatic heterocycles. The topological polar surface area (TPSA) is 32.3 Å². The van der Waals surface area contributed by atoms with Crippen molar-refractivity contribution in [1.29, 1.82) is 0 Å². The van der Waals surface area contributed by atoms with Crippen molar-refractivity contribution in [3.05, 3.63) is 29.3 Å². The Morgan fingerprint density at radius 3 is 2.63 bits per heavy atom. The summed E-state index contributed by atoms with van der Waals surface area (Å²) in [5.41, 5.74) is 3.92. The quantitative estimate of drug-likeness (QED) is 0.886. The summed E-state index contributed by atoms with van der Waals surface area (Å²) >= 11 is 0. The molecule has 1 heterocycles. The van der Waals surface area contributed by atoms with E-state index in [1.165, 1.54) is 16.8 Å². The van der Waals surface area contributed by atoms with Crippen LogP contribution < -0.4 is 10.2 Å². The summed E-state index contributed by atoms with van der Waals surface area (Å²) < 4.78 is 0. The average Bonchev–Trinajstić information content (AvgIpc) is 2.31. The van der Waals surface area contributed by atoms with E-state index in [1.807, 2.05) is 0 Å². The summed E-state index contributed by atoms with van der Waals surface area (Å²) in [5, 5.41) is 3.06. The van der Waals surface area contributed by atoms with Crippen molar-refractivity contribution in [2.24, 2.45) is 5.92 Å². The summed E-state index contributed by atoms with van der Waals surface area (Å²) in [6, 6.07) is 6.88. The highest BCUT2D eigenvalue weighted by atomic mass is 16.1. The van der Waals surface area contributed by atoms with Crippen molar-refractivity contribution in [1.82, 2.24) is 5.32 Å². The molecule has 2 unspecified atom stereocenters. The molecule has 2 atom stereocenters. The van der Waals surface area contributed by atoms with Gasteiger partial charge in [-0.2, -0.15) is 0 Å². The lowest BCUT2D eigenvalue weighted by Gasteiger charge is -2.38. The Morgan fingerprint density at radius 2 is 2.00 bits per heavy atom. The number of rotatable bonds is 2. The Morgan fingerprint density at radius 1 is 1.26 bits per heavy atom. The molecule has 0 saturated carbocycles. The van der Waals surface area contributed by atoms with Gasteiger partial charge in [-0.05, 0) is 49.4 Å². The molecular weight excluding hydrogens is 236 g/mol. The molecule has 1 aromatic rings. The number of hydrogen-bond acceptors (Lipinski definition) is 2. The van der Waals surface area contributed by atoms with E-state index in [0.717, 1.165) is 19.5 Å². The van der Waals surface area contributed by atoms with Crippen molar-refractivity contribution < 1.29 is 4.79 Å². The number of amides is 1. The number of carbonyl (C=O) groups is 1. The maximum Gasteiger partial charge on any atom is 0.217 e. The molecule has 1 aromatic carbocycles. The smallest absolute Gasteiger partial charge is 0.217 e. The van der Waals surface area contributed by atoms with Crippen LogP contribution in [0.5, 0.6) is 0 Å². The zero-order chi connectivity index (χ0) is 14.0. The lowest BCUT2D eigenvalue weighted by molar-refractivity contribution is -0.119. The molecule has 104 valence electrons. The van der Waals surface area contributed by atoms with Crippen molar-refractivity contribution >= 4 is 11.6 Å². The minimum Gasteiger partial charge on any atom is -0.369 e. The molecule has 0 aliphatic carbocycles. The van der Waals surface area contributed by atoms with Gasteiger partial charge in [-0.3, -0.25) is 4.79 Å². The van der Waals surface area contributed by atoms with Crippen LogP contribution in [0.25, 0.3) is 0 Å². The van der Waals surface area contributed by atoms with Gasteiger partial charge >= 0.3 is 0 Å². The largest absolute Gasteiger partial charge is 0.369 e. The van der Waals surface area contributed by atoms with Gasteiger partial charge in [-0.15, -0.1) is 0 Å². The van der Waals surface area contributed by atoms with Crippen LogP contribution in [0.1, 0.15) is 31.4 Å². The molecule has 1 saturated heterocycles. The minimum atomic E-state index is 0.0686. The maximum atomic E-state index is 11.2. The van der Waals surface area contributed by atoms with Crippen molar-refractivity contribution in [3.8, 4) is 0 Å². The van der Waals surface area contributed by atoms with Gasteiger partial charge < -0.3 is 10.2 Å². The normalized spacial score (nSPS) is 23.3. The van der Waals surface area contributed by atoms with Gasteiger partial charge in [0.1, 0.15) is 0 Å². The summed E-state index contributed by atoms with van der Waals surface area (Å²) in [5.74, 6) is 0.673. The zero-order valence-electron chi connectivity index (χ0n) is 12.4. The van der Waals surface area contributed by atoms with Crippen molar-refractivity contribution in [3.63, 3.8) is 0 Å². The molecular formula is C16H24N2O. The molecule has 3 heteroatoms. The summed E-state index contributed by atoms with van der Waals surface area (Å²) in [7, 11) is 0. The third-order valence-electron chi connectivity index (χ3n) is 3.92. The van der Waals surface area contributed by atoms with E-state index in [1.54, 1.807) is 6.92 Å². The number of nitrogens with zero attached hydrogens (tertiary/aromatic N) is 1. The fourth-order valence-corrected chi connectivity index (χ4v) is 2.88. The van der Waals surface area contributed by atoms with Crippen LogP contribution >= 0.6 is 0 Å². The number of anilines is 1. The molecule has 1 aliphatic rings. The Balaban J connectivity index is 2.14. The fourth-order valence-electron chi connectivity index (χ4n) is 2.88. The van der Waals surface area contributed by atoms with E-state index in [-0.39, 0.29) is 11.9 Å². The number of aryl methyl sites for hydroxylation is 2. The van der Waals surface area contributed by atoms with Crippen LogP contribution in [0.15, 0.2) is 18.2 Å². The molecule has 1 fully saturated rings. The molecule has 2 rings (SSSR count). The van der Waals surface area contributed by atoms with Crippen LogP contribution in [-0.4, -0.2) is 25.0 Å². The predicted molar refractivity (Wildman–Crippen MR) is 79.5 cm³/mol. The fraction of sp³-hybridized carbons (Fsp3) is 0.562. The molecule has 1 amide bonds. The standard InChI is InChI=1S/C16H24N2O/c1-11-7-15(17-14(4)19)10-18(9-11)16-6-5-12(2)13(3)8-16/h5-6,8,11,15H,7,9-10H2,1-4H3,(H,17,19). The van der Waals surface area contributed by atoms with Gasteiger partial charge in [0.15, 0.2) is 0 Å². The highest BCUT2D eigenvalue weighted by molar-refractivity contribution is 5.73. The highest BCUT2D eigenvalue weighted by Gasteiger charge is 2.25. The van der Waals surface area contributed by atoms with Crippen LogP contribution in [0.4, 0.5) is 5.69 Å². The second kappa shape index (κ2) is 5.64. The monoisotopic (exact) mass is 260 g/mol. The molecule has 0 radical (unpaired) electrons. The first-order valence-corrected chi connectivity index (χ1v) is 7.05. The maximum absolute atomic E-state index is 11.2. The molecule has 0 spiro atoms. The van der Waals surface area contributed by atoms with Crippen LogP contribution in [-0.2, 0) is 4.79 Å². The number of carbonyl (C=O) groups excluding carboxylic acids is 1. The van der Waals surface area contributed by atoms with Gasteiger partial charge in [0.2, 0.25) is 5.91 Å². The van der Waals surface area contributed by atoms with Crippen LogP contribution in [0.2, 0.25) is 0 Å². The lowest BCUT2D eigenvalue weighted by atomic mass is 9.95. The Labute approximate surface area is 116 Å². The van der Waals surface area contributed by atoms with Gasteiger partial charge in [-0.1, -0.05) is 13.0 Å².